The van der Waals surface area contributed by atoms with Crippen LogP contribution in [-0.4, -0.2) is 44.2 Å². The largest absolute Gasteiger partial charge is 0.550 e. The predicted molar refractivity (Wildman–Crippen MR) is 93.9 cm³/mol. The molecular formula is C18H23N2O5S-. The number of rotatable bonds is 5. The second-order valence-corrected chi connectivity index (χ2v) is 9.01. The normalized spacial score (nSPS) is 20.8. The molecule has 0 spiro atoms. The summed E-state index contributed by atoms with van der Waals surface area (Å²) < 4.78 is 27.3. The van der Waals surface area contributed by atoms with E-state index in [1.54, 1.807) is 16.4 Å². The van der Waals surface area contributed by atoms with Gasteiger partial charge in [-0.2, -0.15) is 4.31 Å². The van der Waals surface area contributed by atoms with Crippen molar-refractivity contribution in [1.82, 2.24) is 4.31 Å². The Labute approximate surface area is 153 Å². The number of nitrogens with zero attached hydrogens (tertiary/aromatic N) is 2. The number of benzene rings is 1. The molecule has 2 heterocycles. The SMILES string of the molecule is CC1CCCN(S(=O)(=O)c2ccc3c(c2)CCN3C(=O)CCC(=O)[O-])C1. The van der Waals surface area contributed by atoms with Crippen LogP contribution in [0.25, 0.3) is 0 Å². The highest BCUT2D eigenvalue weighted by atomic mass is 32.2. The zero-order chi connectivity index (χ0) is 18.9. The van der Waals surface area contributed by atoms with Crippen LogP contribution in [0.1, 0.15) is 38.2 Å². The van der Waals surface area contributed by atoms with E-state index in [0.29, 0.717) is 37.7 Å². The Morgan fingerprint density at radius 3 is 2.69 bits per heavy atom. The zero-order valence-electron chi connectivity index (χ0n) is 14.8. The molecule has 0 aromatic heterocycles. The molecule has 1 fully saturated rings. The first kappa shape index (κ1) is 18.8. The maximum absolute atomic E-state index is 12.9. The van der Waals surface area contributed by atoms with Crippen LogP contribution in [0.5, 0.6) is 0 Å². The fraction of sp³-hybridized carbons (Fsp3) is 0.556. The van der Waals surface area contributed by atoms with Gasteiger partial charge in [0.15, 0.2) is 0 Å². The number of carbonyl (C=O) groups is 2. The lowest BCUT2D eigenvalue weighted by atomic mass is 10.0. The first-order valence-corrected chi connectivity index (χ1v) is 10.4. The number of hydrogen-bond donors (Lipinski definition) is 0. The lowest BCUT2D eigenvalue weighted by molar-refractivity contribution is -0.305. The summed E-state index contributed by atoms with van der Waals surface area (Å²) in [6.45, 7) is 3.57. The second-order valence-electron chi connectivity index (χ2n) is 7.07. The van der Waals surface area contributed by atoms with Gasteiger partial charge in [-0.05, 0) is 55.4 Å². The number of anilines is 1. The number of sulfonamides is 1. The van der Waals surface area contributed by atoms with E-state index in [1.807, 2.05) is 0 Å². The van der Waals surface area contributed by atoms with Crippen LogP contribution in [0.2, 0.25) is 0 Å². The van der Waals surface area contributed by atoms with E-state index in [9.17, 15) is 23.1 Å². The Morgan fingerprint density at radius 1 is 1.23 bits per heavy atom. The van der Waals surface area contributed by atoms with Gasteiger partial charge in [0.2, 0.25) is 15.9 Å². The highest BCUT2D eigenvalue weighted by Crippen LogP contribution is 2.32. The molecule has 0 aliphatic carbocycles. The third-order valence-corrected chi connectivity index (χ3v) is 6.91. The van der Waals surface area contributed by atoms with Crippen molar-refractivity contribution in [2.75, 3.05) is 24.5 Å². The molecule has 2 aliphatic heterocycles. The Hall–Kier alpha value is -1.93. The molecule has 0 saturated carbocycles. The van der Waals surface area contributed by atoms with Crippen LogP contribution < -0.4 is 10.0 Å². The third-order valence-electron chi connectivity index (χ3n) is 5.05. The van der Waals surface area contributed by atoms with Crippen LogP contribution >= 0.6 is 0 Å². The maximum atomic E-state index is 12.9. The fourth-order valence-corrected chi connectivity index (χ4v) is 5.30. The Bertz CT molecular complexity index is 821. The zero-order valence-corrected chi connectivity index (χ0v) is 15.6. The monoisotopic (exact) mass is 379 g/mol. The van der Waals surface area contributed by atoms with E-state index in [0.717, 1.165) is 18.4 Å². The molecule has 142 valence electrons. The van der Waals surface area contributed by atoms with Crippen molar-refractivity contribution in [1.29, 1.82) is 0 Å². The number of amides is 1. The van der Waals surface area contributed by atoms with Crippen LogP contribution in [0.3, 0.4) is 0 Å². The molecule has 1 aromatic carbocycles. The molecule has 1 saturated heterocycles. The molecular weight excluding hydrogens is 356 g/mol. The number of carboxylic acid groups (broad SMARTS) is 1. The summed E-state index contributed by atoms with van der Waals surface area (Å²) in [7, 11) is -3.53. The van der Waals surface area contributed by atoms with Crippen molar-refractivity contribution in [3.63, 3.8) is 0 Å². The summed E-state index contributed by atoms with van der Waals surface area (Å²) >= 11 is 0. The van der Waals surface area contributed by atoms with Crippen molar-refractivity contribution in [2.24, 2.45) is 5.92 Å². The summed E-state index contributed by atoms with van der Waals surface area (Å²) in [6.07, 6.45) is 2.04. The Balaban J connectivity index is 1.79. The number of fused-ring (bicyclic) bond motifs is 1. The van der Waals surface area contributed by atoms with Crippen molar-refractivity contribution < 1.29 is 23.1 Å². The highest BCUT2D eigenvalue weighted by molar-refractivity contribution is 7.89. The van der Waals surface area contributed by atoms with Crippen molar-refractivity contribution >= 4 is 27.6 Å². The lowest BCUT2D eigenvalue weighted by Crippen LogP contribution is -2.39. The van der Waals surface area contributed by atoms with Crippen molar-refractivity contribution in [3.8, 4) is 0 Å². The summed E-state index contributed by atoms with van der Waals surface area (Å²) in [4.78, 5) is 24.5. The van der Waals surface area contributed by atoms with E-state index < -0.39 is 16.0 Å². The summed E-state index contributed by atoms with van der Waals surface area (Å²) in [5.74, 6) is -1.19. The quantitative estimate of drug-likeness (QED) is 0.743. The van der Waals surface area contributed by atoms with Gasteiger partial charge in [0.25, 0.3) is 0 Å². The molecule has 0 radical (unpaired) electrons. The summed E-state index contributed by atoms with van der Waals surface area (Å²) in [5.41, 5.74) is 1.47. The Morgan fingerprint density at radius 2 is 2.00 bits per heavy atom. The summed E-state index contributed by atoms with van der Waals surface area (Å²) in [6, 6.07) is 4.84. The Kier molecular flexibility index (Phi) is 5.34. The fourth-order valence-electron chi connectivity index (χ4n) is 3.66. The lowest BCUT2D eigenvalue weighted by Gasteiger charge is -2.30. The molecule has 1 amide bonds. The summed E-state index contributed by atoms with van der Waals surface area (Å²) in [5, 5.41) is 10.5. The number of carbonyl (C=O) groups excluding carboxylic acids is 2. The minimum absolute atomic E-state index is 0.118. The van der Waals surface area contributed by atoms with Gasteiger partial charge < -0.3 is 14.8 Å². The predicted octanol–water partition coefficient (Wildman–Crippen LogP) is 0.526. The molecule has 8 heteroatoms. The minimum atomic E-state index is -3.53. The van der Waals surface area contributed by atoms with Gasteiger partial charge in [0.05, 0.1) is 4.90 Å². The number of aliphatic carboxylic acids is 1. The first-order chi connectivity index (χ1) is 12.3. The van der Waals surface area contributed by atoms with E-state index in [4.69, 9.17) is 0 Å². The molecule has 7 nitrogen and oxygen atoms in total. The van der Waals surface area contributed by atoms with E-state index in [-0.39, 0.29) is 23.6 Å². The topological polar surface area (TPSA) is 97.8 Å². The van der Waals surface area contributed by atoms with Crippen molar-refractivity contribution in [3.05, 3.63) is 23.8 Å². The average Bonchev–Trinajstić information content (AvgIpc) is 3.03. The minimum Gasteiger partial charge on any atom is -0.550 e. The van der Waals surface area contributed by atoms with Gasteiger partial charge in [0, 0.05) is 37.7 Å². The van der Waals surface area contributed by atoms with Gasteiger partial charge in [0.1, 0.15) is 0 Å². The number of piperidine rings is 1. The molecule has 3 rings (SSSR count). The molecule has 26 heavy (non-hydrogen) atoms. The van der Waals surface area contributed by atoms with Gasteiger partial charge in [-0.1, -0.05) is 6.92 Å². The van der Waals surface area contributed by atoms with Crippen LogP contribution in [0, 0.1) is 5.92 Å². The van der Waals surface area contributed by atoms with E-state index >= 15 is 0 Å². The molecule has 2 aliphatic rings. The molecule has 1 aromatic rings. The van der Waals surface area contributed by atoms with Crippen LogP contribution in [-0.2, 0) is 26.0 Å². The maximum Gasteiger partial charge on any atom is 0.243 e. The van der Waals surface area contributed by atoms with E-state index in [2.05, 4.69) is 6.92 Å². The molecule has 0 bridgehead atoms. The van der Waals surface area contributed by atoms with Crippen LogP contribution in [0.15, 0.2) is 23.1 Å². The van der Waals surface area contributed by atoms with Gasteiger partial charge >= 0.3 is 0 Å². The number of carboxylic acids is 1. The van der Waals surface area contributed by atoms with Crippen LogP contribution in [0.4, 0.5) is 5.69 Å². The molecule has 1 atom stereocenters. The highest BCUT2D eigenvalue weighted by Gasteiger charge is 2.31. The van der Waals surface area contributed by atoms with Gasteiger partial charge in [-0.25, -0.2) is 8.42 Å². The van der Waals surface area contributed by atoms with Gasteiger partial charge in [-0.3, -0.25) is 4.79 Å². The average molecular weight is 379 g/mol. The second kappa shape index (κ2) is 7.36. The number of hydrogen-bond acceptors (Lipinski definition) is 5. The third kappa shape index (κ3) is 3.76. The molecule has 0 N–H and O–H groups in total. The van der Waals surface area contributed by atoms with E-state index in [1.165, 1.54) is 11.0 Å². The van der Waals surface area contributed by atoms with Crippen molar-refractivity contribution in [2.45, 2.75) is 43.9 Å². The standard InChI is InChI=1S/C18H24N2O5S/c1-13-3-2-9-19(12-13)26(24,25)15-4-5-16-14(11-15)8-10-20(16)17(21)6-7-18(22)23/h4-5,11,13H,2-3,6-10,12H2,1H3,(H,22,23)/p-1. The smallest absolute Gasteiger partial charge is 0.243 e. The first-order valence-electron chi connectivity index (χ1n) is 8.92. The molecule has 1 unspecified atom stereocenters. The van der Waals surface area contributed by atoms with Gasteiger partial charge in [-0.15, -0.1) is 0 Å².